The van der Waals surface area contributed by atoms with Gasteiger partial charge in [-0.25, -0.2) is 0 Å². The predicted octanol–water partition coefficient (Wildman–Crippen LogP) is 2.88. The Kier molecular flexibility index (Phi) is 5.05. The van der Waals surface area contributed by atoms with Crippen molar-refractivity contribution < 1.29 is 9.32 Å². The Bertz CT molecular complexity index is 546. The van der Waals surface area contributed by atoms with Crippen LogP contribution in [-0.2, 0) is 6.42 Å². The Hall–Kier alpha value is -1.36. The number of piperidine rings is 2. The molecule has 128 valence electrons. The zero-order valence-corrected chi connectivity index (χ0v) is 14.7. The van der Waals surface area contributed by atoms with E-state index in [4.69, 9.17) is 4.52 Å². The van der Waals surface area contributed by atoms with E-state index in [0.717, 1.165) is 44.0 Å². The smallest absolute Gasteiger partial charge is 0.259 e. The van der Waals surface area contributed by atoms with Crippen LogP contribution >= 0.6 is 0 Å². The minimum atomic E-state index is 0.107. The highest BCUT2D eigenvalue weighted by molar-refractivity contribution is 5.96. The molecular weight excluding hydrogens is 290 g/mol. The lowest BCUT2D eigenvalue weighted by Crippen LogP contribution is -2.47. The molecule has 1 aromatic rings. The van der Waals surface area contributed by atoms with Crippen molar-refractivity contribution in [2.75, 3.05) is 26.7 Å². The number of aryl methyl sites for hydroxylation is 2. The third kappa shape index (κ3) is 3.30. The minimum absolute atomic E-state index is 0.107. The molecule has 0 aliphatic carbocycles. The summed E-state index contributed by atoms with van der Waals surface area (Å²) >= 11 is 0. The Morgan fingerprint density at radius 3 is 2.61 bits per heavy atom. The summed E-state index contributed by atoms with van der Waals surface area (Å²) in [6.07, 6.45) is 6.98. The first kappa shape index (κ1) is 16.5. The highest BCUT2D eigenvalue weighted by Crippen LogP contribution is 2.30. The molecule has 0 bridgehead atoms. The number of likely N-dealkylation sites (tertiary alicyclic amines) is 2. The van der Waals surface area contributed by atoms with Crippen molar-refractivity contribution in [1.29, 1.82) is 0 Å². The maximum Gasteiger partial charge on any atom is 0.259 e. The molecule has 0 radical (unpaired) electrons. The quantitative estimate of drug-likeness (QED) is 0.859. The summed E-state index contributed by atoms with van der Waals surface area (Å²) in [5.41, 5.74) is 1.49. The molecule has 5 nitrogen and oxygen atoms in total. The van der Waals surface area contributed by atoms with Crippen molar-refractivity contribution in [3.8, 4) is 0 Å². The molecule has 3 rings (SSSR count). The van der Waals surface area contributed by atoms with Crippen LogP contribution in [0.3, 0.4) is 0 Å². The molecule has 1 aromatic heterocycles. The van der Waals surface area contributed by atoms with E-state index in [9.17, 15) is 4.79 Å². The molecule has 0 saturated carbocycles. The number of carbonyl (C=O) groups is 1. The highest BCUT2D eigenvalue weighted by atomic mass is 16.5. The number of nitrogens with zero attached hydrogens (tertiary/aromatic N) is 3. The number of carbonyl (C=O) groups excluding carboxylic acids is 1. The van der Waals surface area contributed by atoms with Crippen LogP contribution in [0.2, 0.25) is 0 Å². The van der Waals surface area contributed by atoms with Crippen LogP contribution in [0.25, 0.3) is 0 Å². The van der Waals surface area contributed by atoms with E-state index in [1.165, 1.54) is 25.8 Å². The highest BCUT2D eigenvalue weighted by Gasteiger charge is 2.33. The van der Waals surface area contributed by atoms with Crippen molar-refractivity contribution >= 4 is 5.91 Å². The monoisotopic (exact) mass is 319 g/mol. The van der Waals surface area contributed by atoms with Crippen molar-refractivity contribution in [1.82, 2.24) is 15.0 Å². The molecule has 3 heterocycles. The molecule has 1 amide bonds. The summed E-state index contributed by atoms with van der Waals surface area (Å²) in [5, 5.41) is 4.02. The second kappa shape index (κ2) is 7.04. The van der Waals surface area contributed by atoms with Gasteiger partial charge in [0.2, 0.25) is 0 Å². The summed E-state index contributed by atoms with van der Waals surface area (Å²) in [7, 11) is 2.26. The Morgan fingerprint density at radius 2 is 1.96 bits per heavy atom. The average Bonchev–Trinajstić information content (AvgIpc) is 2.95. The number of rotatable bonds is 3. The van der Waals surface area contributed by atoms with E-state index in [1.807, 2.05) is 18.7 Å². The summed E-state index contributed by atoms with van der Waals surface area (Å²) in [6.45, 7) is 6.80. The van der Waals surface area contributed by atoms with Gasteiger partial charge in [-0.15, -0.1) is 0 Å². The molecule has 23 heavy (non-hydrogen) atoms. The number of hydrogen-bond donors (Lipinski definition) is 0. The van der Waals surface area contributed by atoms with Gasteiger partial charge in [-0.1, -0.05) is 18.5 Å². The minimum Gasteiger partial charge on any atom is -0.361 e. The van der Waals surface area contributed by atoms with Gasteiger partial charge in [0, 0.05) is 19.1 Å². The Balaban J connectivity index is 1.62. The van der Waals surface area contributed by atoms with Gasteiger partial charge in [0.15, 0.2) is 0 Å². The molecule has 0 N–H and O–H groups in total. The van der Waals surface area contributed by atoms with E-state index in [-0.39, 0.29) is 5.91 Å². The first-order valence-corrected chi connectivity index (χ1v) is 9.06. The SMILES string of the molecule is CCc1noc(C)c1C(=O)N1CCC([C@H]2CCCCN2C)CC1. The van der Waals surface area contributed by atoms with E-state index < -0.39 is 0 Å². The van der Waals surface area contributed by atoms with Gasteiger partial charge in [0.1, 0.15) is 11.3 Å². The second-order valence-electron chi connectivity index (χ2n) is 7.09. The average molecular weight is 319 g/mol. The number of amides is 1. The van der Waals surface area contributed by atoms with Gasteiger partial charge in [-0.2, -0.15) is 0 Å². The summed E-state index contributed by atoms with van der Waals surface area (Å²) < 4.78 is 5.22. The second-order valence-corrected chi connectivity index (χ2v) is 7.09. The van der Waals surface area contributed by atoms with E-state index in [0.29, 0.717) is 17.4 Å². The summed E-state index contributed by atoms with van der Waals surface area (Å²) in [5.74, 6) is 1.50. The normalized spacial score (nSPS) is 24.1. The molecule has 2 aliphatic heterocycles. The zero-order valence-electron chi connectivity index (χ0n) is 14.7. The van der Waals surface area contributed by atoms with Crippen molar-refractivity contribution in [3.63, 3.8) is 0 Å². The fraction of sp³-hybridized carbons (Fsp3) is 0.778. The van der Waals surface area contributed by atoms with Crippen LogP contribution in [0, 0.1) is 12.8 Å². The molecule has 2 fully saturated rings. The zero-order chi connectivity index (χ0) is 16.4. The van der Waals surface area contributed by atoms with E-state index >= 15 is 0 Å². The number of hydrogen-bond acceptors (Lipinski definition) is 4. The lowest BCUT2D eigenvalue weighted by atomic mass is 9.84. The van der Waals surface area contributed by atoms with Gasteiger partial charge < -0.3 is 14.3 Å². The lowest BCUT2D eigenvalue weighted by molar-refractivity contribution is 0.0552. The molecular formula is C18H29N3O2. The van der Waals surface area contributed by atoms with Crippen LogP contribution in [0.15, 0.2) is 4.52 Å². The third-order valence-electron chi connectivity index (χ3n) is 5.68. The first-order chi connectivity index (χ1) is 11.1. The molecule has 0 aromatic carbocycles. The fourth-order valence-corrected chi connectivity index (χ4v) is 4.28. The van der Waals surface area contributed by atoms with Crippen molar-refractivity contribution in [3.05, 3.63) is 17.0 Å². The van der Waals surface area contributed by atoms with Gasteiger partial charge in [0.05, 0.1) is 5.69 Å². The topological polar surface area (TPSA) is 49.6 Å². The molecule has 1 atom stereocenters. The van der Waals surface area contributed by atoms with Crippen LogP contribution < -0.4 is 0 Å². The van der Waals surface area contributed by atoms with Gasteiger partial charge in [-0.05, 0) is 58.5 Å². The van der Waals surface area contributed by atoms with Crippen LogP contribution in [0.1, 0.15) is 60.8 Å². The largest absolute Gasteiger partial charge is 0.361 e. The molecule has 0 spiro atoms. The Morgan fingerprint density at radius 1 is 1.22 bits per heavy atom. The first-order valence-electron chi connectivity index (χ1n) is 9.06. The lowest BCUT2D eigenvalue weighted by Gasteiger charge is -2.42. The van der Waals surface area contributed by atoms with Gasteiger partial charge >= 0.3 is 0 Å². The molecule has 2 saturated heterocycles. The Labute approximate surface area is 139 Å². The van der Waals surface area contributed by atoms with Gasteiger partial charge in [-0.3, -0.25) is 4.79 Å². The summed E-state index contributed by atoms with van der Waals surface area (Å²) in [6, 6.07) is 0.713. The molecule has 0 unspecified atom stereocenters. The van der Waals surface area contributed by atoms with E-state index in [2.05, 4.69) is 17.1 Å². The van der Waals surface area contributed by atoms with Crippen LogP contribution in [0.5, 0.6) is 0 Å². The van der Waals surface area contributed by atoms with Crippen molar-refractivity contribution in [2.45, 2.75) is 58.4 Å². The van der Waals surface area contributed by atoms with Crippen LogP contribution in [0.4, 0.5) is 0 Å². The third-order valence-corrected chi connectivity index (χ3v) is 5.68. The fourth-order valence-electron chi connectivity index (χ4n) is 4.28. The molecule has 2 aliphatic rings. The van der Waals surface area contributed by atoms with Crippen molar-refractivity contribution in [2.24, 2.45) is 5.92 Å². The maximum atomic E-state index is 12.8. The molecule has 5 heteroatoms. The predicted molar refractivity (Wildman–Crippen MR) is 89.5 cm³/mol. The van der Waals surface area contributed by atoms with Gasteiger partial charge in [0.25, 0.3) is 5.91 Å². The maximum absolute atomic E-state index is 12.8. The standard InChI is InChI=1S/C18H29N3O2/c1-4-15-17(13(2)23-19-15)18(22)21-11-8-14(9-12-21)16-7-5-6-10-20(16)3/h14,16H,4-12H2,1-3H3/t16-/m1/s1. The number of aromatic nitrogens is 1. The summed E-state index contributed by atoms with van der Waals surface area (Å²) in [4.78, 5) is 17.4. The van der Waals surface area contributed by atoms with Crippen LogP contribution in [-0.4, -0.2) is 53.6 Å². The van der Waals surface area contributed by atoms with E-state index in [1.54, 1.807) is 0 Å².